The fourth-order valence-corrected chi connectivity index (χ4v) is 5.02. The van der Waals surface area contributed by atoms with Crippen molar-refractivity contribution in [1.82, 2.24) is 23.8 Å². The highest BCUT2D eigenvalue weighted by Crippen LogP contribution is 2.31. The van der Waals surface area contributed by atoms with Crippen molar-refractivity contribution in [3.8, 4) is 11.4 Å². The van der Waals surface area contributed by atoms with E-state index in [0.29, 0.717) is 30.9 Å². The van der Waals surface area contributed by atoms with Crippen LogP contribution in [0.1, 0.15) is 34.5 Å². The van der Waals surface area contributed by atoms with Gasteiger partial charge in [-0.05, 0) is 55.7 Å². The zero-order valence-corrected chi connectivity index (χ0v) is 19.6. The van der Waals surface area contributed by atoms with Gasteiger partial charge in [-0.15, -0.1) is 0 Å². The summed E-state index contributed by atoms with van der Waals surface area (Å²) in [5.41, 5.74) is 7.19. The van der Waals surface area contributed by atoms with E-state index in [1.807, 2.05) is 35.0 Å². The Kier molecular flexibility index (Phi) is 5.17. The normalized spacial score (nSPS) is 14.2. The fraction of sp³-hybridized carbons (Fsp3) is 0.214. The molecule has 1 aliphatic rings. The summed E-state index contributed by atoms with van der Waals surface area (Å²) in [7, 11) is 0. The Hall–Kier alpha value is -4.26. The van der Waals surface area contributed by atoms with Crippen LogP contribution in [0.4, 0.5) is 0 Å². The fourth-order valence-electron chi connectivity index (χ4n) is 5.02. The average Bonchev–Trinajstić information content (AvgIpc) is 3.41. The van der Waals surface area contributed by atoms with Gasteiger partial charge in [-0.2, -0.15) is 0 Å². The summed E-state index contributed by atoms with van der Waals surface area (Å²) < 4.78 is 4.32. The second-order valence-electron chi connectivity index (χ2n) is 9.16. The van der Waals surface area contributed by atoms with E-state index in [0.717, 1.165) is 52.0 Å². The molecule has 0 radical (unpaired) electrons. The summed E-state index contributed by atoms with van der Waals surface area (Å²) in [6, 6.07) is 18.3. The van der Waals surface area contributed by atoms with Crippen LogP contribution < -0.4 is 0 Å². The van der Waals surface area contributed by atoms with Gasteiger partial charge in [0, 0.05) is 59.6 Å². The number of aromatic nitrogens is 4. The van der Waals surface area contributed by atoms with Crippen LogP contribution in [0.25, 0.3) is 27.9 Å². The molecule has 1 N–H and O–H groups in total. The number of para-hydroxylation sites is 1. The molecule has 1 aliphatic heterocycles. The van der Waals surface area contributed by atoms with E-state index < -0.39 is 0 Å². The Bertz CT molecular complexity index is 1580. The molecule has 0 saturated carbocycles. The molecule has 174 valence electrons. The van der Waals surface area contributed by atoms with Crippen molar-refractivity contribution >= 4 is 28.2 Å². The maximum Gasteiger partial charge on any atom is 0.254 e. The number of rotatable bonds is 4. The molecular weight excluding hydrogens is 436 g/mol. The lowest BCUT2D eigenvalue weighted by atomic mass is 10.1. The highest BCUT2D eigenvalue weighted by atomic mass is 16.2. The Morgan fingerprint density at radius 1 is 1.11 bits per heavy atom. The summed E-state index contributed by atoms with van der Waals surface area (Å²) >= 11 is 0. The lowest BCUT2D eigenvalue weighted by Gasteiger charge is -2.27. The van der Waals surface area contributed by atoms with E-state index in [-0.39, 0.29) is 5.91 Å². The Labute approximate surface area is 203 Å². The number of hydrogen-bond donors (Lipinski definition) is 1. The SMILES string of the molecule is Cc1c(-c2cc3ccccc3n2Cc2cccnc2)nc2cc(C(=O)N3CCCC(=N)C3)ccn12. The minimum Gasteiger partial charge on any atom is -0.335 e. The van der Waals surface area contributed by atoms with Crippen LogP contribution in [0.5, 0.6) is 0 Å². The zero-order chi connectivity index (χ0) is 23.9. The molecule has 0 bridgehead atoms. The number of nitrogens with zero attached hydrogens (tertiary/aromatic N) is 5. The largest absolute Gasteiger partial charge is 0.335 e. The molecule has 0 aliphatic carbocycles. The Morgan fingerprint density at radius 2 is 2.00 bits per heavy atom. The molecule has 1 aromatic carbocycles. The van der Waals surface area contributed by atoms with Crippen LogP contribution in [0.3, 0.4) is 0 Å². The predicted molar refractivity (Wildman–Crippen MR) is 137 cm³/mol. The number of piperidine rings is 1. The van der Waals surface area contributed by atoms with Gasteiger partial charge in [0.15, 0.2) is 0 Å². The maximum atomic E-state index is 13.1. The van der Waals surface area contributed by atoms with E-state index in [1.54, 1.807) is 11.1 Å². The lowest BCUT2D eigenvalue weighted by molar-refractivity contribution is 0.0768. The predicted octanol–water partition coefficient (Wildman–Crippen LogP) is 4.96. The maximum absolute atomic E-state index is 13.1. The highest BCUT2D eigenvalue weighted by molar-refractivity contribution is 5.98. The first kappa shape index (κ1) is 21.3. The van der Waals surface area contributed by atoms with Crippen molar-refractivity contribution in [3.05, 3.63) is 90.0 Å². The minimum absolute atomic E-state index is 0.0372. The summed E-state index contributed by atoms with van der Waals surface area (Å²) in [6.07, 6.45) is 7.24. The van der Waals surface area contributed by atoms with Crippen LogP contribution in [-0.4, -0.2) is 48.5 Å². The number of fused-ring (bicyclic) bond motifs is 2. The van der Waals surface area contributed by atoms with Crippen LogP contribution >= 0.6 is 0 Å². The van der Waals surface area contributed by atoms with Gasteiger partial charge in [0.25, 0.3) is 5.91 Å². The van der Waals surface area contributed by atoms with Crippen LogP contribution in [-0.2, 0) is 6.54 Å². The van der Waals surface area contributed by atoms with E-state index >= 15 is 0 Å². The van der Waals surface area contributed by atoms with Gasteiger partial charge in [0.1, 0.15) is 11.3 Å². The molecule has 1 amide bonds. The molecule has 5 heterocycles. The first-order valence-corrected chi connectivity index (χ1v) is 11.9. The highest BCUT2D eigenvalue weighted by Gasteiger charge is 2.22. The average molecular weight is 463 g/mol. The Balaban J connectivity index is 1.44. The Morgan fingerprint density at radius 3 is 2.83 bits per heavy atom. The minimum atomic E-state index is -0.0372. The van der Waals surface area contributed by atoms with Crippen molar-refractivity contribution in [2.75, 3.05) is 13.1 Å². The van der Waals surface area contributed by atoms with Gasteiger partial charge in [-0.25, -0.2) is 4.98 Å². The summed E-state index contributed by atoms with van der Waals surface area (Å²) in [5, 5.41) is 9.12. The lowest BCUT2D eigenvalue weighted by Crippen LogP contribution is -2.39. The molecule has 7 heteroatoms. The third kappa shape index (κ3) is 3.79. The first-order valence-electron chi connectivity index (χ1n) is 11.9. The molecule has 1 fully saturated rings. The molecule has 35 heavy (non-hydrogen) atoms. The number of carbonyl (C=O) groups excluding carboxylic acids is 1. The molecule has 7 nitrogen and oxygen atoms in total. The van der Waals surface area contributed by atoms with Crippen molar-refractivity contribution in [1.29, 1.82) is 5.41 Å². The van der Waals surface area contributed by atoms with Crippen LogP contribution in [0.15, 0.2) is 73.2 Å². The summed E-state index contributed by atoms with van der Waals surface area (Å²) in [5.74, 6) is -0.0372. The quantitative estimate of drug-likeness (QED) is 0.410. The number of hydrogen-bond acceptors (Lipinski definition) is 4. The summed E-state index contributed by atoms with van der Waals surface area (Å²) in [4.78, 5) is 24.2. The van der Waals surface area contributed by atoms with Crippen molar-refractivity contribution in [2.45, 2.75) is 26.3 Å². The number of amides is 1. The number of likely N-dealkylation sites (tertiary alicyclic amines) is 1. The number of pyridine rings is 2. The van der Waals surface area contributed by atoms with Gasteiger partial charge < -0.3 is 19.3 Å². The number of imidazole rings is 1. The van der Waals surface area contributed by atoms with Crippen LogP contribution in [0, 0.1) is 12.3 Å². The van der Waals surface area contributed by atoms with E-state index in [9.17, 15) is 4.79 Å². The smallest absolute Gasteiger partial charge is 0.254 e. The molecule has 5 aromatic rings. The van der Waals surface area contributed by atoms with Gasteiger partial charge in [-0.1, -0.05) is 24.3 Å². The zero-order valence-electron chi connectivity index (χ0n) is 19.6. The molecule has 0 unspecified atom stereocenters. The number of carbonyl (C=O) groups is 1. The van der Waals surface area contributed by atoms with Crippen molar-refractivity contribution < 1.29 is 4.79 Å². The molecule has 0 spiro atoms. The molecular formula is C28H26N6O. The molecule has 4 aromatic heterocycles. The second kappa shape index (κ2) is 8.51. The molecule has 0 atom stereocenters. The van der Waals surface area contributed by atoms with Gasteiger partial charge in [-0.3, -0.25) is 9.78 Å². The van der Waals surface area contributed by atoms with Crippen molar-refractivity contribution in [3.63, 3.8) is 0 Å². The topological polar surface area (TPSA) is 79.3 Å². The summed E-state index contributed by atoms with van der Waals surface area (Å²) in [6.45, 7) is 3.86. The standard InChI is InChI=1S/C28H26N6O/c1-19-27(25-14-21-7-2-3-9-24(21)34(25)17-20-6-4-11-30-16-20)31-26-15-22(10-13-33(19)26)28(35)32-12-5-8-23(29)18-32/h2-4,6-7,9-11,13-16,29H,5,8,12,17-18H2,1H3. The third-order valence-corrected chi connectivity index (χ3v) is 6.80. The monoisotopic (exact) mass is 462 g/mol. The second-order valence-corrected chi connectivity index (χ2v) is 9.16. The third-order valence-electron chi connectivity index (χ3n) is 6.80. The van der Waals surface area contributed by atoms with Gasteiger partial charge >= 0.3 is 0 Å². The van der Waals surface area contributed by atoms with E-state index in [1.165, 1.54) is 0 Å². The van der Waals surface area contributed by atoms with E-state index in [4.69, 9.17) is 10.4 Å². The number of benzene rings is 1. The first-order chi connectivity index (χ1) is 17.1. The molecule has 6 rings (SSSR count). The molecule has 1 saturated heterocycles. The van der Waals surface area contributed by atoms with Gasteiger partial charge in [0.2, 0.25) is 0 Å². The van der Waals surface area contributed by atoms with Crippen molar-refractivity contribution in [2.24, 2.45) is 0 Å². The van der Waals surface area contributed by atoms with E-state index in [2.05, 4.69) is 52.9 Å². The number of nitrogens with one attached hydrogen (secondary N) is 1. The number of aryl methyl sites for hydroxylation is 1. The van der Waals surface area contributed by atoms with Gasteiger partial charge in [0.05, 0.1) is 12.2 Å². The van der Waals surface area contributed by atoms with Crippen LogP contribution in [0.2, 0.25) is 0 Å².